The van der Waals surface area contributed by atoms with Gasteiger partial charge in [-0.15, -0.1) is 0 Å². The number of rotatable bonds is 9. The first-order valence-electron chi connectivity index (χ1n) is 14.8. The number of ether oxygens (including phenoxy) is 2. The molecular formula is C35H39F2N2O2+. The van der Waals surface area contributed by atoms with Gasteiger partial charge in [-0.1, -0.05) is 50.2 Å². The van der Waals surface area contributed by atoms with Gasteiger partial charge >= 0.3 is 0 Å². The number of piperidine rings is 3. The Morgan fingerprint density at radius 2 is 1.68 bits per heavy atom. The first-order valence-corrected chi connectivity index (χ1v) is 14.8. The third kappa shape index (κ3) is 5.24. The monoisotopic (exact) mass is 557 g/mol. The first-order chi connectivity index (χ1) is 19.9. The molecule has 3 fully saturated rings. The largest absolute Gasteiger partial charge is 0.497 e. The minimum atomic E-state index is -0.341. The van der Waals surface area contributed by atoms with E-state index in [0.29, 0.717) is 29.9 Å². The predicted molar refractivity (Wildman–Crippen MR) is 157 cm³/mol. The molecule has 6 heteroatoms. The van der Waals surface area contributed by atoms with Crippen molar-refractivity contribution in [2.24, 2.45) is 17.8 Å². The summed E-state index contributed by atoms with van der Waals surface area (Å²) in [5, 5.41) is 0.970. The third-order valence-corrected chi connectivity index (χ3v) is 9.79. The van der Waals surface area contributed by atoms with E-state index in [0.717, 1.165) is 58.2 Å². The average Bonchev–Trinajstić information content (AvgIpc) is 2.99. The van der Waals surface area contributed by atoms with Crippen LogP contribution in [0.5, 0.6) is 5.75 Å². The van der Waals surface area contributed by atoms with E-state index in [4.69, 9.17) is 9.47 Å². The summed E-state index contributed by atoms with van der Waals surface area (Å²) in [7, 11) is 1.66. The summed E-state index contributed by atoms with van der Waals surface area (Å²) in [6.07, 6.45) is 3.57. The highest BCUT2D eigenvalue weighted by atomic mass is 19.1. The van der Waals surface area contributed by atoms with Crippen molar-refractivity contribution in [3.8, 4) is 5.75 Å². The fourth-order valence-corrected chi connectivity index (χ4v) is 7.83. The van der Waals surface area contributed by atoms with Crippen LogP contribution in [0.3, 0.4) is 0 Å². The van der Waals surface area contributed by atoms with E-state index in [-0.39, 0.29) is 30.4 Å². The molecule has 0 N–H and O–H groups in total. The Kier molecular flexibility index (Phi) is 7.80. The smallest absolute Gasteiger partial charge is 0.135 e. The van der Waals surface area contributed by atoms with Gasteiger partial charge in [0.25, 0.3) is 0 Å². The lowest BCUT2D eigenvalue weighted by Gasteiger charge is -2.61. The van der Waals surface area contributed by atoms with Crippen LogP contribution in [0.1, 0.15) is 49.5 Å². The number of nitrogens with zero attached hydrogens (tertiary/aromatic N) is 2. The normalized spacial score (nSPS) is 26.3. The van der Waals surface area contributed by atoms with Crippen molar-refractivity contribution >= 4 is 10.9 Å². The molecule has 2 bridgehead atoms. The molecule has 41 heavy (non-hydrogen) atoms. The molecule has 3 aliphatic rings. The van der Waals surface area contributed by atoms with E-state index in [1.165, 1.54) is 6.07 Å². The molecule has 0 radical (unpaired) electrons. The highest BCUT2D eigenvalue weighted by Gasteiger charge is 2.57. The molecule has 0 amide bonds. The van der Waals surface area contributed by atoms with Gasteiger partial charge < -0.3 is 14.0 Å². The van der Waals surface area contributed by atoms with Crippen LogP contribution in [0.2, 0.25) is 0 Å². The lowest BCUT2D eigenvalue weighted by molar-refractivity contribution is -0.989. The van der Waals surface area contributed by atoms with Crippen LogP contribution in [0.15, 0.2) is 79.0 Å². The van der Waals surface area contributed by atoms with Gasteiger partial charge in [-0.05, 0) is 54.3 Å². The summed E-state index contributed by atoms with van der Waals surface area (Å²) in [4.78, 5) is 4.63. The molecule has 7 rings (SSSR count). The van der Waals surface area contributed by atoms with Crippen LogP contribution in [-0.2, 0) is 17.9 Å². The van der Waals surface area contributed by atoms with Gasteiger partial charge in [0.2, 0.25) is 0 Å². The molecule has 214 valence electrons. The second kappa shape index (κ2) is 11.5. The molecule has 6 atom stereocenters. The topological polar surface area (TPSA) is 31.4 Å². The number of fused-ring (bicyclic) bond motifs is 4. The maximum atomic E-state index is 15.2. The van der Waals surface area contributed by atoms with E-state index < -0.39 is 0 Å². The van der Waals surface area contributed by atoms with Gasteiger partial charge in [-0.3, -0.25) is 4.98 Å². The van der Waals surface area contributed by atoms with E-state index in [1.807, 2.05) is 48.7 Å². The summed E-state index contributed by atoms with van der Waals surface area (Å²) in [5.74, 6) is 1.98. The van der Waals surface area contributed by atoms with E-state index in [2.05, 4.69) is 18.8 Å². The van der Waals surface area contributed by atoms with E-state index >= 15 is 4.39 Å². The van der Waals surface area contributed by atoms with Crippen LogP contribution in [0.25, 0.3) is 10.9 Å². The maximum absolute atomic E-state index is 15.2. The third-order valence-electron chi connectivity index (χ3n) is 9.79. The molecular weight excluding hydrogens is 518 g/mol. The van der Waals surface area contributed by atoms with Crippen molar-refractivity contribution in [1.82, 2.24) is 4.98 Å². The van der Waals surface area contributed by atoms with Crippen LogP contribution >= 0.6 is 0 Å². The summed E-state index contributed by atoms with van der Waals surface area (Å²) >= 11 is 0. The number of quaternary nitrogens is 1. The van der Waals surface area contributed by atoms with Gasteiger partial charge in [0.15, 0.2) is 0 Å². The lowest BCUT2D eigenvalue weighted by Crippen LogP contribution is -2.70. The molecule has 4 aromatic rings. The number of hydrogen-bond acceptors (Lipinski definition) is 3. The molecule has 3 aliphatic heterocycles. The number of benzene rings is 3. The van der Waals surface area contributed by atoms with Gasteiger partial charge in [0.1, 0.15) is 36.1 Å². The molecule has 4 nitrogen and oxygen atoms in total. The Morgan fingerprint density at radius 1 is 0.951 bits per heavy atom. The van der Waals surface area contributed by atoms with Crippen molar-refractivity contribution < 1.29 is 22.7 Å². The minimum Gasteiger partial charge on any atom is -0.497 e. The number of halogens is 2. The van der Waals surface area contributed by atoms with Crippen molar-refractivity contribution in [2.75, 3.05) is 20.2 Å². The van der Waals surface area contributed by atoms with Crippen molar-refractivity contribution in [1.29, 1.82) is 0 Å². The van der Waals surface area contributed by atoms with Crippen LogP contribution in [-0.4, -0.2) is 35.7 Å². The zero-order chi connectivity index (χ0) is 28.6. The number of methoxy groups -OCH3 is 1. The van der Waals surface area contributed by atoms with Crippen molar-refractivity contribution in [2.45, 2.75) is 52.0 Å². The quantitative estimate of drug-likeness (QED) is 0.196. The van der Waals surface area contributed by atoms with E-state index in [9.17, 15) is 4.39 Å². The van der Waals surface area contributed by atoms with Crippen molar-refractivity contribution in [3.63, 3.8) is 0 Å². The highest BCUT2D eigenvalue weighted by molar-refractivity contribution is 5.84. The Balaban J connectivity index is 1.49. The zero-order valence-corrected chi connectivity index (χ0v) is 24.1. The summed E-state index contributed by atoms with van der Waals surface area (Å²) in [5.41, 5.74) is 3.16. The predicted octanol–water partition coefficient (Wildman–Crippen LogP) is 7.86. The number of hydrogen-bond donors (Lipinski definition) is 0. The lowest BCUT2D eigenvalue weighted by atomic mass is 9.65. The molecule has 0 aliphatic carbocycles. The standard InChI is InChI=1S/C35H39F2N2O2/c1-4-24-20-39(21-25-9-5-7-11-31(25)36)19-23(2)29(24)18-34(39)35(41-22-26-10-6-8-12-32(26)37)28-15-16-38-33-14-13-27(40-3)17-30(28)33/h5-17,23-24,29,34-35H,4,18-22H2,1-3H3/q+1/t23?,24?,29?,34?,35-,39?/m0/s1. The minimum absolute atomic E-state index is 0.0715. The first kappa shape index (κ1) is 27.8. The van der Waals surface area contributed by atoms with E-state index in [1.54, 1.807) is 31.4 Å². The maximum Gasteiger partial charge on any atom is 0.135 e. The fourth-order valence-electron chi connectivity index (χ4n) is 7.83. The molecule has 0 spiro atoms. The molecule has 5 unspecified atom stereocenters. The Bertz CT molecular complexity index is 1530. The Labute approximate surface area is 241 Å². The van der Waals surface area contributed by atoms with Crippen LogP contribution < -0.4 is 4.74 Å². The number of pyridine rings is 1. The van der Waals surface area contributed by atoms with Crippen LogP contribution in [0.4, 0.5) is 8.78 Å². The molecule has 0 saturated carbocycles. The summed E-state index contributed by atoms with van der Waals surface area (Å²) in [6.45, 7) is 7.35. The molecule has 3 saturated heterocycles. The molecule has 3 aromatic carbocycles. The summed E-state index contributed by atoms with van der Waals surface area (Å²) < 4.78 is 43.2. The fraction of sp³-hybridized carbons (Fsp3) is 0.400. The second-order valence-corrected chi connectivity index (χ2v) is 12.1. The number of aromatic nitrogens is 1. The van der Waals surface area contributed by atoms with Gasteiger partial charge in [0.05, 0.1) is 32.3 Å². The van der Waals surface area contributed by atoms with Gasteiger partial charge in [-0.25, -0.2) is 8.78 Å². The van der Waals surface area contributed by atoms with Gasteiger partial charge in [-0.2, -0.15) is 0 Å². The molecule has 4 heterocycles. The SMILES string of the molecule is CCC1C[N+]2(Cc3ccccc3F)CC(C)C1CC2[C@@H](OCc1ccccc1F)c1ccnc2ccc(OC)cc12. The van der Waals surface area contributed by atoms with Crippen LogP contribution in [0, 0.1) is 29.4 Å². The van der Waals surface area contributed by atoms with Crippen molar-refractivity contribution in [3.05, 3.63) is 107 Å². The molecule has 1 aromatic heterocycles. The summed E-state index contributed by atoms with van der Waals surface area (Å²) in [6, 6.07) is 22.0. The highest BCUT2D eigenvalue weighted by Crippen LogP contribution is 2.52. The van der Waals surface area contributed by atoms with Gasteiger partial charge in [0, 0.05) is 41.0 Å². The second-order valence-electron chi connectivity index (χ2n) is 12.1. The average molecular weight is 558 g/mol. The Hall–Kier alpha value is -3.35. The Morgan fingerprint density at radius 3 is 2.39 bits per heavy atom. The zero-order valence-electron chi connectivity index (χ0n) is 24.1.